The first-order chi connectivity index (χ1) is 9.60. The Kier molecular flexibility index (Phi) is 5.18. The summed E-state index contributed by atoms with van der Waals surface area (Å²) in [5, 5.41) is 0. The predicted molar refractivity (Wildman–Crippen MR) is 78.5 cm³/mol. The highest BCUT2D eigenvalue weighted by Crippen LogP contribution is 2.31. The van der Waals surface area contributed by atoms with Gasteiger partial charge in [-0.25, -0.2) is 4.79 Å². The molecule has 0 aliphatic heterocycles. The van der Waals surface area contributed by atoms with Gasteiger partial charge < -0.3 is 9.47 Å². The Balaban J connectivity index is 1.84. The molecule has 0 heterocycles. The van der Waals surface area contributed by atoms with Gasteiger partial charge in [0.2, 0.25) is 0 Å². The molecule has 0 spiro atoms. The normalized spacial score (nSPS) is 26.2. The highest BCUT2D eigenvalue weighted by molar-refractivity contribution is 5.89. The summed E-state index contributed by atoms with van der Waals surface area (Å²) in [6.45, 7) is 5.25. The fraction of sp³-hybridized carbons (Fsp3) is 0.588. The van der Waals surface area contributed by atoms with Crippen LogP contribution in [-0.4, -0.2) is 19.2 Å². The summed E-state index contributed by atoms with van der Waals surface area (Å²) >= 11 is 0. The number of benzene rings is 1. The Morgan fingerprint density at radius 1 is 1.15 bits per heavy atom. The van der Waals surface area contributed by atoms with Crippen LogP contribution >= 0.6 is 0 Å². The summed E-state index contributed by atoms with van der Waals surface area (Å²) in [5.41, 5.74) is 1.68. The summed E-state index contributed by atoms with van der Waals surface area (Å²) in [5.74, 6) is 1.26. The minimum absolute atomic E-state index is 0.299. The van der Waals surface area contributed by atoms with Crippen LogP contribution in [0.25, 0.3) is 0 Å². The first kappa shape index (κ1) is 15.0. The van der Waals surface area contributed by atoms with Gasteiger partial charge in [0.1, 0.15) is 0 Å². The molecule has 0 saturated heterocycles. The van der Waals surface area contributed by atoms with Crippen molar-refractivity contribution in [3.8, 4) is 0 Å². The molecular weight excluding hydrogens is 252 g/mol. The maximum absolute atomic E-state index is 11.3. The van der Waals surface area contributed by atoms with Gasteiger partial charge in [0.05, 0.1) is 25.4 Å². The number of methoxy groups -OCH3 is 1. The molecule has 1 aliphatic rings. The number of hydrogen-bond donors (Lipinski definition) is 0. The summed E-state index contributed by atoms with van der Waals surface area (Å²) in [7, 11) is 1.39. The molecule has 1 aromatic carbocycles. The zero-order chi connectivity index (χ0) is 14.5. The average molecular weight is 276 g/mol. The molecule has 1 aliphatic carbocycles. The summed E-state index contributed by atoms with van der Waals surface area (Å²) in [6, 6.07) is 7.44. The fourth-order valence-corrected chi connectivity index (χ4v) is 2.72. The van der Waals surface area contributed by atoms with E-state index < -0.39 is 0 Å². The number of rotatable bonds is 4. The quantitative estimate of drug-likeness (QED) is 0.784. The third-order valence-electron chi connectivity index (χ3n) is 4.41. The molecule has 0 aromatic heterocycles. The van der Waals surface area contributed by atoms with Crippen molar-refractivity contribution in [1.29, 1.82) is 0 Å². The molecule has 0 N–H and O–H groups in total. The van der Waals surface area contributed by atoms with Crippen molar-refractivity contribution in [3.63, 3.8) is 0 Å². The highest BCUT2D eigenvalue weighted by atomic mass is 16.5. The molecule has 0 amide bonds. The third kappa shape index (κ3) is 3.83. The number of ether oxygens (including phenoxy) is 2. The van der Waals surface area contributed by atoms with Crippen molar-refractivity contribution in [2.45, 2.75) is 45.8 Å². The van der Waals surface area contributed by atoms with Crippen LogP contribution in [0.1, 0.15) is 49.0 Å². The van der Waals surface area contributed by atoms with Crippen molar-refractivity contribution < 1.29 is 14.3 Å². The number of hydrogen-bond acceptors (Lipinski definition) is 3. The number of esters is 1. The van der Waals surface area contributed by atoms with Crippen LogP contribution in [0, 0.1) is 11.8 Å². The van der Waals surface area contributed by atoms with Gasteiger partial charge in [-0.3, -0.25) is 0 Å². The van der Waals surface area contributed by atoms with Gasteiger partial charge in [0, 0.05) is 0 Å². The second-order valence-corrected chi connectivity index (χ2v) is 5.89. The SMILES string of the molecule is COC(=O)c1ccc(COC2CCC(C)C(C)C2)cc1. The van der Waals surface area contributed by atoms with Crippen LogP contribution in [0.15, 0.2) is 24.3 Å². The van der Waals surface area contributed by atoms with Crippen molar-refractivity contribution in [2.75, 3.05) is 7.11 Å². The molecule has 3 heteroatoms. The van der Waals surface area contributed by atoms with Gasteiger partial charge in [-0.15, -0.1) is 0 Å². The van der Waals surface area contributed by atoms with Crippen LogP contribution in [0.4, 0.5) is 0 Å². The second kappa shape index (κ2) is 6.89. The van der Waals surface area contributed by atoms with Crippen LogP contribution in [0.5, 0.6) is 0 Å². The zero-order valence-electron chi connectivity index (χ0n) is 12.6. The minimum atomic E-state index is -0.299. The third-order valence-corrected chi connectivity index (χ3v) is 4.41. The lowest BCUT2D eigenvalue weighted by atomic mass is 9.80. The minimum Gasteiger partial charge on any atom is -0.465 e. The maximum atomic E-state index is 11.3. The van der Waals surface area contributed by atoms with E-state index in [2.05, 4.69) is 18.6 Å². The highest BCUT2D eigenvalue weighted by Gasteiger charge is 2.24. The van der Waals surface area contributed by atoms with E-state index in [9.17, 15) is 4.79 Å². The molecule has 1 fully saturated rings. The van der Waals surface area contributed by atoms with E-state index in [1.807, 2.05) is 12.1 Å². The molecule has 3 nitrogen and oxygen atoms in total. The largest absolute Gasteiger partial charge is 0.465 e. The molecular formula is C17H24O3. The Morgan fingerprint density at radius 3 is 2.45 bits per heavy atom. The van der Waals surface area contributed by atoms with Gasteiger partial charge >= 0.3 is 5.97 Å². The lowest BCUT2D eigenvalue weighted by Crippen LogP contribution is -2.26. The van der Waals surface area contributed by atoms with E-state index in [1.54, 1.807) is 12.1 Å². The molecule has 0 bridgehead atoms. The van der Waals surface area contributed by atoms with E-state index in [0.29, 0.717) is 18.3 Å². The average Bonchev–Trinajstić information content (AvgIpc) is 2.48. The topological polar surface area (TPSA) is 35.5 Å². The van der Waals surface area contributed by atoms with Crippen molar-refractivity contribution in [2.24, 2.45) is 11.8 Å². The molecule has 2 rings (SSSR count). The molecule has 20 heavy (non-hydrogen) atoms. The van der Waals surface area contributed by atoms with E-state index in [1.165, 1.54) is 13.5 Å². The smallest absolute Gasteiger partial charge is 0.337 e. The van der Waals surface area contributed by atoms with Gasteiger partial charge in [-0.2, -0.15) is 0 Å². The molecule has 3 atom stereocenters. The molecule has 110 valence electrons. The molecule has 0 radical (unpaired) electrons. The van der Waals surface area contributed by atoms with Gasteiger partial charge in [-0.1, -0.05) is 26.0 Å². The van der Waals surface area contributed by atoms with Gasteiger partial charge in [0.25, 0.3) is 0 Å². The lowest BCUT2D eigenvalue weighted by Gasteiger charge is -2.32. The number of carbonyl (C=O) groups is 1. The summed E-state index contributed by atoms with van der Waals surface area (Å²) < 4.78 is 10.7. The van der Waals surface area contributed by atoms with Crippen LogP contribution in [0.2, 0.25) is 0 Å². The van der Waals surface area contributed by atoms with Crippen molar-refractivity contribution >= 4 is 5.97 Å². The summed E-state index contributed by atoms with van der Waals surface area (Å²) in [4.78, 5) is 11.3. The van der Waals surface area contributed by atoms with E-state index in [4.69, 9.17) is 4.74 Å². The molecule has 3 unspecified atom stereocenters. The maximum Gasteiger partial charge on any atom is 0.337 e. The first-order valence-corrected chi connectivity index (χ1v) is 7.39. The van der Waals surface area contributed by atoms with E-state index in [-0.39, 0.29) is 5.97 Å². The summed E-state index contributed by atoms with van der Waals surface area (Å²) in [6.07, 6.45) is 3.95. The standard InChI is InChI=1S/C17H24O3/c1-12-4-9-16(10-13(12)2)20-11-14-5-7-15(8-6-14)17(18)19-3/h5-8,12-13,16H,4,9-11H2,1-3H3. The van der Waals surface area contributed by atoms with Gasteiger partial charge in [-0.05, 0) is 48.8 Å². The first-order valence-electron chi connectivity index (χ1n) is 7.39. The fourth-order valence-electron chi connectivity index (χ4n) is 2.72. The van der Waals surface area contributed by atoms with E-state index >= 15 is 0 Å². The van der Waals surface area contributed by atoms with E-state index in [0.717, 1.165) is 30.2 Å². The zero-order valence-corrected chi connectivity index (χ0v) is 12.6. The predicted octanol–water partition coefficient (Wildman–Crippen LogP) is 3.81. The lowest BCUT2D eigenvalue weighted by molar-refractivity contribution is -0.00746. The van der Waals surface area contributed by atoms with Gasteiger partial charge in [0.15, 0.2) is 0 Å². The van der Waals surface area contributed by atoms with Crippen molar-refractivity contribution in [3.05, 3.63) is 35.4 Å². The molecule has 1 aromatic rings. The Labute approximate surface area is 121 Å². The Bertz CT molecular complexity index is 438. The van der Waals surface area contributed by atoms with Crippen LogP contribution in [0.3, 0.4) is 0 Å². The molecule has 1 saturated carbocycles. The monoisotopic (exact) mass is 276 g/mol. The second-order valence-electron chi connectivity index (χ2n) is 5.89. The van der Waals surface area contributed by atoms with Crippen LogP contribution < -0.4 is 0 Å². The Morgan fingerprint density at radius 2 is 1.85 bits per heavy atom. The van der Waals surface area contributed by atoms with Crippen LogP contribution in [-0.2, 0) is 16.1 Å². The number of carbonyl (C=O) groups excluding carboxylic acids is 1. The van der Waals surface area contributed by atoms with Crippen molar-refractivity contribution in [1.82, 2.24) is 0 Å². The Hall–Kier alpha value is -1.35.